The van der Waals surface area contributed by atoms with Gasteiger partial charge in [-0.25, -0.2) is 4.39 Å². The SMILES string of the molecule is CSc1nnc(CNC(=O)c2ccco2)n1-c1ccc(F)cc1. The van der Waals surface area contributed by atoms with Gasteiger partial charge in [-0.2, -0.15) is 0 Å². The molecule has 0 atom stereocenters. The van der Waals surface area contributed by atoms with E-state index in [4.69, 9.17) is 4.42 Å². The van der Waals surface area contributed by atoms with E-state index in [2.05, 4.69) is 15.5 Å². The first-order valence-electron chi connectivity index (χ1n) is 6.75. The van der Waals surface area contributed by atoms with Gasteiger partial charge < -0.3 is 9.73 Å². The van der Waals surface area contributed by atoms with E-state index in [0.717, 1.165) is 5.69 Å². The summed E-state index contributed by atoms with van der Waals surface area (Å²) in [5.41, 5.74) is 0.725. The van der Waals surface area contributed by atoms with Crippen molar-refractivity contribution in [2.75, 3.05) is 6.26 Å². The van der Waals surface area contributed by atoms with E-state index in [1.807, 2.05) is 6.26 Å². The highest BCUT2D eigenvalue weighted by Crippen LogP contribution is 2.20. The molecule has 2 heterocycles. The number of hydrogen-bond acceptors (Lipinski definition) is 5. The molecule has 8 heteroatoms. The van der Waals surface area contributed by atoms with Gasteiger partial charge in [-0.05, 0) is 42.7 Å². The molecular weight excluding hydrogens is 319 g/mol. The van der Waals surface area contributed by atoms with Gasteiger partial charge >= 0.3 is 0 Å². The molecule has 0 aliphatic rings. The predicted molar refractivity (Wildman–Crippen MR) is 83.0 cm³/mol. The second kappa shape index (κ2) is 6.66. The van der Waals surface area contributed by atoms with Crippen LogP contribution >= 0.6 is 11.8 Å². The van der Waals surface area contributed by atoms with Gasteiger partial charge in [0.1, 0.15) is 5.82 Å². The number of furan rings is 1. The molecule has 6 nitrogen and oxygen atoms in total. The van der Waals surface area contributed by atoms with Crippen LogP contribution in [-0.4, -0.2) is 26.9 Å². The zero-order valence-corrected chi connectivity index (χ0v) is 13.0. The number of carbonyl (C=O) groups is 1. The van der Waals surface area contributed by atoms with E-state index in [9.17, 15) is 9.18 Å². The van der Waals surface area contributed by atoms with Crippen LogP contribution in [0.15, 0.2) is 52.2 Å². The van der Waals surface area contributed by atoms with Crippen LogP contribution in [0, 0.1) is 5.82 Å². The number of amides is 1. The number of nitrogens with zero attached hydrogens (tertiary/aromatic N) is 3. The molecule has 23 heavy (non-hydrogen) atoms. The van der Waals surface area contributed by atoms with Gasteiger partial charge in [-0.3, -0.25) is 9.36 Å². The molecule has 1 N–H and O–H groups in total. The molecule has 0 fully saturated rings. The molecule has 1 amide bonds. The molecule has 0 unspecified atom stereocenters. The van der Waals surface area contributed by atoms with Crippen molar-refractivity contribution < 1.29 is 13.6 Å². The van der Waals surface area contributed by atoms with Crippen LogP contribution in [0.2, 0.25) is 0 Å². The lowest BCUT2D eigenvalue weighted by molar-refractivity contribution is 0.0922. The summed E-state index contributed by atoms with van der Waals surface area (Å²) in [6, 6.07) is 9.22. The van der Waals surface area contributed by atoms with E-state index in [0.29, 0.717) is 11.0 Å². The molecule has 0 aliphatic carbocycles. The largest absolute Gasteiger partial charge is 0.459 e. The lowest BCUT2D eigenvalue weighted by Gasteiger charge is -2.09. The van der Waals surface area contributed by atoms with E-state index in [-0.39, 0.29) is 24.0 Å². The Morgan fingerprint density at radius 1 is 1.30 bits per heavy atom. The summed E-state index contributed by atoms with van der Waals surface area (Å²) in [7, 11) is 0. The second-order valence-corrected chi connectivity index (χ2v) is 5.35. The number of carbonyl (C=O) groups excluding carboxylic acids is 1. The van der Waals surface area contributed by atoms with Gasteiger partial charge in [-0.15, -0.1) is 10.2 Å². The Balaban J connectivity index is 1.84. The number of rotatable bonds is 5. The molecule has 0 saturated heterocycles. The van der Waals surface area contributed by atoms with Crippen molar-refractivity contribution in [1.29, 1.82) is 0 Å². The quantitative estimate of drug-likeness (QED) is 0.727. The van der Waals surface area contributed by atoms with Crippen molar-refractivity contribution in [2.24, 2.45) is 0 Å². The van der Waals surface area contributed by atoms with Crippen molar-refractivity contribution in [2.45, 2.75) is 11.7 Å². The van der Waals surface area contributed by atoms with E-state index < -0.39 is 0 Å². The number of benzene rings is 1. The Morgan fingerprint density at radius 3 is 2.74 bits per heavy atom. The Kier molecular flexibility index (Phi) is 4.42. The maximum Gasteiger partial charge on any atom is 0.287 e. The number of aromatic nitrogens is 3. The molecule has 0 spiro atoms. The van der Waals surface area contributed by atoms with Crippen LogP contribution in [0.25, 0.3) is 5.69 Å². The average molecular weight is 332 g/mol. The lowest BCUT2D eigenvalue weighted by Crippen LogP contribution is -2.24. The van der Waals surface area contributed by atoms with Crippen LogP contribution in [0.3, 0.4) is 0 Å². The normalized spacial score (nSPS) is 10.7. The Morgan fingerprint density at radius 2 is 2.09 bits per heavy atom. The molecule has 0 radical (unpaired) electrons. The molecule has 2 aromatic heterocycles. The highest BCUT2D eigenvalue weighted by Gasteiger charge is 2.15. The standard InChI is InChI=1S/C15H13FN4O2S/c1-23-15-19-18-13(9-17-14(21)12-3-2-8-22-12)20(15)11-6-4-10(16)5-7-11/h2-8H,9H2,1H3,(H,17,21). The minimum atomic E-state index is -0.339. The third kappa shape index (κ3) is 3.26. The zero-order valence-electron chi connectivity index (χ0n) is 12.2. The van der Waals surface area contributed by atoms with Gasteiger partial charge in [-0.1, -0.05) is 11.8 Å². The smallest absolute Gasteiger partial charge is 0.287 e. The predicted octanol–water partition coefficient (Wildman–Crippen LogP) is 2.65. The summed E-state index contributed by atoms with van der Waals surface area (Å²) in [6.45, 7) is 0.171. The first-order chi connectivity index (χ1) is 11.2. The zero-order chi connectivity index (χ0) is 16.2. The van der Waals surface area contributed by atoms with Crippen LogP contribution in [0.1, 0.15) is 16.4 Å². The van der Waals surface area contributed by atoms with Crippen LogP contribution in [-0.2, 0) is 6.54 Å². The molecule has 0 saturated carbocycles. The highest BCUT2D eigenvalue weighted by atomic mass is 32.2. The monoisotopic (exact) mass is 332 g/mol. The molecule has 118 valence electrons. The van der Waals surface area contributed by atoms with Crippen molar-refractivity contribution >= 4 is 17.7 Å². The second-order valence-electron chi connectivity index (χ2n) is 4.57. The maximum atomic E-state index is 13.1. The summed E-state index contributed by atoms with van der Waals surface area (Å²) < 4.78 is 19.9. The van der Waals surface area contributed by atoms with Crippen LogP contribution in [0.5, 0.6) is 0 Å². The fourth-order valence-corrected chi connectivity index (χ4v) is 2.57. The van der Waals surface area contributed by atoms with Crippen molar-refractivity contribution in [3.63, 3.8) is 0 Å². The topological polar surface area (TPSA) is 73.0 Å². The Labute approximate surface area is 135 Å². The summed E-state index contributed by atoms with van der Waals surface area (Å²) in [5, 5.41) is 11.5. The number of hydrogen-bond donors (Lipinski definition) is 1. The number of halogens is 1. The molecule has 3 aromatic rings. The third-order valence-corrected chi connectivity index (χ3v) is 3.75. The fourth-order valence-electron chi connectivity index (χ4n) is 2.05. The van der Waals surface area contributed by atoms with Crippen molar-refractivity contribution in [1.82, 2.24) is 20.1 Å². The van der Waals surface area contributed by atoms with Gasteiger partial charge in [0, 0.05) is 5.69 Å². The lowest BCUT2D eigenvalue weighted by atomic mass is 10.3. The minimum Gasteiger partial charge on any atom is -0.459 e. The summed E-state index contributed by atoms with van der Waals surface area (Å²) in [6.07, 6.45) is 3.30. The first kappa shape index (κ1) is 15.3. The Bertz CT molecular complexity index is 800. The molecular formula is C15H13FN4O2S. The van der Waals surface area contributed by atoms with E-state index >= 15 is 0 Å². The van der Waals surface area contributed by atoms with Crippen molar-refractivity contribution in [3.05, 3.63) is 60.1 Å². The maximum absolute atomic E-state index is 13.1. The third-order valence-electron chi connectivity index (χ3n) is 3.12. The summed E-state index contributed by atoms with van der Waals surface area (Å²) in [4.78, 5) is 11.9. The van der Waals surface area contributed by atoms with Gasteiger partial charge in [0.05, 0.1) is 12.8 Å². The molecule has 0 aliphatic heterocycles. The van der Waals surface area contributed by atoms with Gasteiger partial charge in [0.2, 0.25) is 0 Å². The molecule has 0 bridgehead atoms. The van der Waals surface area contributed by atoms with Crippen molar-refractivity contribution in [3.8, 4) is 5.69 Å². The van der Waals surface area contributed by atoms with Gasteiger partial charge in [0.25, 0.3) is 5.91 Å². The van der Waals surface area contributed by atoms with Gasteiger partial charge in [0.15, 0.2) is 16.7 Å². The summed E-state index contributed by atoms with van der Waals surface area (Å²) >= 11 is 1.41. The van der Waals surface area contributed by atoms with E-state index in [1.54, 1.807) is 28.8 Å². The Hall–Kier alpha value is -2.61. The minimum absolute atomic E-state index is 0.171. The molecule has 3 rings (SSSR count). The fraction of sp³-hybridized carbons (Fsp3) is 0.133. The summed E-state index contributed by atoms with van der Waals surface area (Å²) in [5.74, 6) is 0.110. The average Bonchev–Trinajstić information content (AvgIpc) is 3.23. The van der Waals surface area contributed by atoms with E-state index in [1.165, 1.54) is 30.2 Å². The molecule has 1 aromatic carbocycles. The number of thioether (sulfide) groups is 1. The highest BCUT2D eigenvalue weighted by molar-refractivity contribution is 7.98. The first-order valence-corrected chi connectivity index (χ1v) is 7.97. The van der Waals surface area contributed by atoms with Crippen LogP contribution < -0.4 is 5.32 Å². The van der Waals surface area contributed by atoms with Crippen LogP contribution in [0.4, 0.5) is 4.39 Å². The number of nitrogens with one attached hydrogen (secondary N) is 1.